The second-order valence-electron chi connectivity index (χ2n) is 5.54. The van der Waals surface area contributed by atoms with Gasteiger partial charge < -0.3 is 9.30 Å². The van der Waals surface area contributed by atoms with Gasteiger partial charge in [0, 0.05) is 17.1 Å². The molecule has 18 heavy (non-hydrogen) atoms. The minimum absolute atomic E-state index is 0.205. The van der Waals surface area contributed by atoms with Crippen LogP contribution in [0.3, 0.4) is 0 Å². The van der Waals surface area contributed by atoms with E-state index in [-0.39, 0.29) is 12.5 Å². The van der Waals surface area contributed by atoms with Crippen LogP contribution in [0.2, 0.25) is 0 Å². The van der Waals surface area contributed by atoms with Crippen molar-refractivity contribution >= 4 is 16.9 Å². The molecule has 0 aliphatic carbocycles. The molecule has 0 unspecified atom stereocenters. The molecule has 0 saturated heterocycles. The third kappa shape index (κ3) is 2.73. The van der Waals surface area contributed by atoms with E-state index in [1.807, 2.05) is 56.7 Å². The smallest absolute Gasteiger partial charge is 0.326 e. The highest BCUT2D eigenvalue weighted by Gasteiger charge is 2.17. The van der Waals surface area contributed by atoms with Crippen molar-refractivity contribution in [3.8, 4) is 0 Å². The van der Waals surface area contributed by atoms with Crippen molar-refractivity contribution in [1.82, 2.24) is 4.57 Å². The van der Waals surface area contributed by atoms with Crippen LogP contribution in [0.25, 0.3) is 10.9 Å². The molecule has 0 radical (unpaired) electrons. The monoisotopic (exact) mass is 245 g/mol. The summed E-state index contributed by atoms with van der Waals surface area (Å²) in [6.07, 6.45) is 1.99. The number of nitrogens with zero attached hydrogens (tertiary/aromatic N) is 1. The van der Waals surface area contributed by atoms with E-state index in [9.17, 15) is 4.79 Å². The van der Waals surface area contributed by atoms with Crippen molar-refractivity contribution in [3.63, 3.8) is 0 Å². The fourth-order valence-electron chi connectivity index (χ4n) is 2.07. The lowest BCUT2D eigenvalue weighted by Gasteiger charge is -2.19. The number of rotatable bonds is 2. The molecule has 0 spiro atoms. The SMILES string of the molecule is Cc1cn(CC(=O)OC(C)(C)C)c2ccccc12. The van der Waals surface area contributed by atoms with Crippen molar-refractivity contribution < 1.29 is 9.53 Å². The molecule has 0 aliphatic rings. The summed E-state index contributed by atoms with van der Waals surface area (Å²) in [5.74, 6) is -0.205. The Bertz CT molecular complexity index is 576. The van der Waals surface area contributed by atoms with Gasteiger partial charge in [-0.2, -0.15) is 0 Å². The van der Waals surface area contributed by atoms with Gasteiger partial charge in [-0.05, 0) is 39.3 Å². The Kier molecular flexibility index (Phi) is 3.16. The Morgan fingerprint density at radius 3 is 2.61 bits per heavy atom. The van der Waals surface area contributed by atoms with Crippen molar-refractivity contribution in [2.75, 3.05) is 0 Å². The third-order valence-electron chi connectivity index (χ3n) is 2.71. The maximum Gasteiger partial charge on any atom is 0.326 e. The third-order valence-corrected chi connectivity index (χ3v) is 2.71. The summed E-state index contributed by atoms with van der Waals surface area (Å²) in [6, 6.07) is 8.07. The quantitative estimate of drug-likeness (QED) is 0.760. The molecule has 0 amide bonds. The van der Waals surface area contributed by atoms with Gasteiger partial charge in [-0.15, -0.1) is 0 Å². The Morgan fingerprint density at radius 1 is 1.28 bits per heavy atom. The zero-order valence-electron chi connectivity index (χ0n) is 11.4. The summed E-state index contributed by atoms with van der Waals surface area (Å²) in [6.45, 7) is 7.94. The molecule has 2 rings (SSSR count). The highest BCUT2D eigenvalue weighted by molar-refractivity contribution is 5.85. The summed E-state index contributed by atoms with van der Waals surface area (Å²) in [4.78, 5) is 11.8. The number of para-hydroxylation sites is 1. The number of carbonyl (C=O) groups is 1. The standard InChI is InChI=1S/C15H19NO2/c1-11-9-16(10-14(17)18-15(2,3)4)13-8-6-5-7-12(11)13/h5-9H,10H2,1-4H3. The van der Waals surface area contributed by atoms with Gasteiger partial charge in [0.1, 0.15) is 12.1 Å². The Balaban J connectivity index is 2.25. The first kappa shape index (κ1) is 12.7. The number of esters is 1. The first-order valence-electron chi connectivity index (χ1n) is 6.13. The molecule has 0 atom stereocenters. The highest BCUT2D eigenvalue weighted by atomic mass is 16.6. The van der Waals surface area contributed by atoms with Gasteiger partial charge >= 0.3 is 5.97 Å². The molecule has 0 saturated carbocycles. The van der Waals surface area contributed by atoms with E-state index in [1.54, 1.807) is 0 Å². The topological polar surface area (TPSA) is 31.2 Å². The van der Waals surface area contributed by atoms with Gasteiger partial charge in [-0.25, -0.2) is 0 Å². The molecule has 3 nitrogen and oxygen atoms in total. The Morgan fingerprint density at radius 2 is 1.94 bits per heavy atom. The summed E-state index contributed by atoms with van der Waals surface area (Å²) in [7, 11) is 0. The van der Waals surface area contributed by atoms with Crippen LogP contribution in [0.4, 0.5) is 0 Å². The van der Waals surface area contributed by atoms with Crippen LogP contribution in [-0.4, -0.2) is 16.1 Å². The number of aromatic nitrogens is 1. The second kappa shape index (κ2) is 4.48. The molecular formula is C15H19NO2. The Hall–Kier alpha value is -1.77. The fourth-order valence-corrected chi connectivity index (χ4v) is 2.07. The average Bonchev–Trinajstić information content (AvgIpc) is 2.54. The normalized spacial score (nSPS) is 11.8. The summed E-state index contributed by atoms with van der Waals surface area (Å²) in [5.41, 5.74) is 1.81. The van der Waals surface area contributed by atoms with Gasteiger partial charge in [0.15, 0.2) is 0 Å². The molecule has 2 aromatic rings. The maximum atomic E-state index is 11.8. The first-order valence-corrected chi connectivity index (χ1v) is 6.13. The number of ether oxygens (including phenoxy) is 1. The number of aryl methyl sites for hydroxylation is 1. The van der Waals surface area contributed by atoms with Gasteiger partial charge in [-0.1, -0.05) is 18.2 Å². The number of carbonyl (C=O) groups excluding carboxylic acids is 1. The van der Waals surface area contributed by atoms with Gasteiger partial charge in [0.2, 0.25) is 0 Å². The lowest BCUT2D eigenvalue weighted by atomic mass is 10.2. The minimum Gasteiger partial charge on any atom is -0.459 e. The van der Waals surface area contributed by atoms with Crippen LogP contribution >= 0.6 is 0 Å². The molecular weight excluding hydrogens is 226 g/mol. The molecule has 0 aliphatic heterocycles. The van der Waals surface area contributed by atoms with Crippen LogP contribution in [-0.2, 0) is 16.1 Å². The molecule has 0 fully saturated rings. The van der Waals surface area contributed by atoms with Crippen LogP contribution in [0.5, 0.6) is 0 Å². The average molecular weight is 245 g/mol. The van der Waals surface area contributed by atoms with Gasteiger partial charge in [0.05, 0.1) is 0 Å². The predicted molar refractivity (Wildman–Crippen MR) is 72.5 cm³/mol. The van der Waals surface area contributed by atoms with Crippen molar-refractivity contribution in [2.24, 2.45) is 0 Å². The number of hydrogen-bond acceptors (Lipinski definition) is 2. The minimum atomic E-state index is -0.435. The molecule has 1 aromatic carbocycles. The lowest BCUT2D eigenvalue weighted by Crippen LogP contribution is -2.26. The van der Waals surface area contributed by atoms with Crippen LogP contribution in [0.1, 0.15) is 26.3 Å². The molecule has 96 valence electrons. The number of hydrogen-bond donors (Lipinski definition) is 0. The van der Waals surface area contributed by atoms with Crippen LogP contribution in [0.15, 0.2) is 30.5 Å². The fraction of sp³-hybridized carbons (Fsp3) is 0.400. The van der Waals surface area contributed by atoms with Crippen molar-refractivity contribution in [2.45, 2.75) is 39.8 Å². The van der Waals surface area contributed by atoms with E-state index >= 15 is 0 Å². The second-order valence-corrected chi connectivity index (χ2v) is 5.54. The largest absolute Gasteiger partial charge is 0.459 e. The van der Waals surface area contributed by atoms with Crippen molar-refractivity contribution in [3.05, 3.63) is 36.0 Å². The molecule has 0 N–H and O–H groups in total. The molecule has 1 heterocycles. The highest BCUT2D eigenvalue weighted by Crippen LogP contribution is 2.20. The van der Waals surface area contributed by atoms with Crippen LogP contribution < -0.4 is 0 Å². The van der Waals surface area contributed by atoms with E-state index in [4.69, 9.17) is 4.74 Å². The number of fused-ring (bicyclic) bond motifs is 1. The van der Waals surface area contributed by atoms with E-state index in [1.165, 1.54) is 10.9 Å². The maximum absolute atomic E-state index is 11.8. The van der Waals surface area contributed by atoms with E-state index in [0.717, 1.165) is 5.52 Å². The zero-order chi connectivity index (χ0) is 13.3. The van der Waals surface area contributed by atoms with Gasteiger partial charge in [0.25, 0.3) is 0 Å². The summed E-state index contributed by atoms with van der Waals surface area (Å²) >= 11 is 0. The number of benzene rings is 1. The molecule has 3 heteroatoms. The zero-order valence-corrected chi connectivity index (χ0v) is 11.4. The van der Waals surface area contributed by atoms with E-state index in [2.05, 4.69) is 6.07 Å². The first-order chi connectivity index (χ1) is 8.37. The lowest BCUT2D eigenvalue weighted by molar-refractivity contribution is -0.155. The molecule has 0 bridgehead atoms. The molecule has 1 aromatic heterocycles. The van der Waals surface area contributed by atoms with Crippen LogP contribution in [0, 0.1) is 6.92 Å². The van der Waals surface area contributed by atoms with Gasteiger partial charge in [-0.3, -0.25) is 4.79 Å². The summed E-state index contributed by atoms with van der Waals surface area (Å²) in [5, 5.41) is 1.18. The van der Waals surface area contributed by atoms with E-state index < -0.39 is 5.60 Å². The Labute approximate surface area is 107 Å². The summed E-state index contributed by atoms with van der Waals surface area (Å²) < 4.78 is 7.28. The van der Waals surface area contributed by atoms with Crippen molar-refractivity contribution in [1.29, 1.82) is 0 Å². The predicted octanol–water partition coefficient (Wildman–Crippen LogP) is 3.29. The van der Waals surface area contributed by atoms with E-state index in [0.29, 0.717) is 0 Å².